The van der Waals surface area contributed by atoms with Crippen molar-refractivity contribution in [1.29, 1.82) is 0 Å². The number of halogens is 6. The first-order chi connectivity index (χ1) is 13.0. The van der Waals surface area contributed by atoms with E-state index < -0.39 is 71.9 Å². The van der Waals surface area contributed by atoms with Crippen LogP contribution in [0.25, 0.3) is 0 Å². The molecule has 2 aliphatic heterocycles. The molecular formula is C16H15ClF5N3O3. The molecule has 0 aliphatic carbocycles. The maximum atomic E-state index is 14.6. The number of benzene rings is 1. The average Bonchev–Trinajstić information content (AvgIpc) is 3.23. The highest BCUT2D eigenvalue weighted by molar-refractivity contribution is 6.31. The smallest absolute Gasteiger partial charge is 0.368 e. The fourth-order valence-corrected chi connectivity index (χ4v) is 3.67. The lowest BCUT2D eigenvalue weighted by molar-refractivity contribution is -0.206. The molecule has 2 aliphatic rings. The minimum Gasteiger partial charge on any atom is -0.368 e. The van der Waals surface area contributed by atoms with Gasteiger partial charge in [0.1, 0.15) is 22.7 Å². The standard InChI is InChI=1S/C16H15ClF5N3O3/c17-11-8(18)2-1-7(12(11)19)13(6-3-10(28-5-6)16(20,21)22)25-4-9(14(23)26)24-15(25)27/h1-2,6,9-10,13H,3-5H2,(H2,23,26)(H,24,27)/t6-,9?,10-,13+/m0/s1. The molecule has 2 heterocycles. The Morgan fingerprint density at radius 1 is 1.36 bits per heavy atom. The molecule has 2 saturated heterocycles. The van der Waals surface area contributed by atoms with Gasteiger partial charge in [-0.15, -0.1) is 0 Å². The summed E-state index contributed by atoms with van der Waals surface area (Å²) in [7, 11) is 0. The number of ether oxygens (including phenoxy) is 1. The van der Waals surface area contributed by atoms with Crippen molar-refractivity contribution in [2.75, 3.05) is 13.2 Å². The van der Waals surface area contributed by atoms with Gasteiger partial charge >= 0.3 is 12.2 Å². The summed E-state index contributed by atoms with van der Waals surface area (Å²) >= 11 is 5.60. The third-order valence-corrected chi connectivity index (χ3v) is 5.19. The van der Waals surface area contributed by atoms with Gasteiger partial charge in [-0.1, -0.05) is 17.7 Å². The first-order valence-corrected chi connectivity index (χ1v) is 8.56. The van der Waals surface area contributed by atoms with Gasteiger partial charge in [0.05, 0.1) is 19.2 Å². The van der Waals surface area contributed by atoms with Crippen molar-refractivity contribution >= 4 is 23.5 Å². The molecule has 0 spiro atoms. The van der Waals surface area contributed by atoms with Crippen LogP contribution >= 0.6 is 11.6 Å². The predicted molar refractivity (Wildman–Crippen MR) is 86.2 cm³/mol. The topological polar surface area (TPSA) is 84.7 Å². The van der Waals surface area contributed by atoms with Gasteiger partial charge in [-0.2, -0.15) is 13.2 Å². The van der Waals surface area contributed by atoms with E-state index in [0.717, 1.165) is 17.0 Å². The number of primary amides is 1. The molecule has 6 nitrogen and oxygen atoms in total. The minimum absolute atomic E-state index is 0.275. The summed E-state index contributed by atoms with van der Waals surface area (Å²) in [6, 6.07) is -1.33. The zero-order valence-corrected chi connectivity index (χ0v) is 14.9. The van der Waals surface area contributed by atoms with Crippen LogP contribution in [0.4, 0.5) is 26.7 Å². The second-order valence-electron chi connectivity index (χ2n) is 6.63. The van der Waals surface area contributed by atoms with Gasteiger partial charge in [-0.05, 0) is 12.5 Å². The SMILES string of the molecule is NC(=O)C1CN([C@@H](c2ccc(F)c(Cl)c2F)[C@@H]2CO[C@H](C(F)(F)F)C2)C(=O)N1. The molecule has 0 aromatic heterocycles. The number of nitrogens with one attached hydrogen (secondary N) is 1. The van der Waals surface area contributed by atoms with Crippen LogP contribution in [0.2, 0.25) is 5.02 Å². The molecule has 0 bridgehead atoms. The van der Waals surface area contributed by atoms with Gasteiger partial charge in [-0.3, -0.25) is 4.79 Å². The van der Waals surface area contributed by atoms with E-state index in [1.54, 1.807) is 0 Å². The summed E-state index contributed by atoms with van der Waals surface area (Å²) in [6.45, 7) is -0.714. The van der Waals surface area contributed by atoms with Crippen molar-refractivity contribution in [3.63, 3.8) is 0 Å². The van der Waals surface area contributed by atoms with E-state index in [2.05, 4.69) is 5.32 Å². The van der Waals surface area contributed by atoms with Crippen molar-refractivity contribution in [3.8, 4) is 0 Å². The van der Waals surface area contributed by atoms with Crippen LogP contribution in [-0.2, 0) is 9.53 Å². The molecule has 4 atom stereocenters. The largest absolute Gasteiger partial charge is 0.414 e. The highest BCUT2D eigenvalue weighted by atomic mass is 35.5. The van der Waals surface area contributed by atoms with Crippen LogP contribution in [0.5, 0.6) is 0 Å². The van der Waals surface area contributed by atoms with E-state index in [1.165, 1.54) is 0 Å². The third kappa shape index (κ3) is 3.72. The fourth-order valence-electron chi connectivity index (χ4n) is 3.50. The maximum absolute atomic E-state index is 14.6. The van der Waals surface area contributed by atoms with Crippen molar-refractivity contribution in [2.45, 2.75) is 30.8 Å². The zero-order valence-electron chi connectivity index (χ0n) is 14.1. The summed E-state index contributed by atoms with van der Waals surface area (Å²) in [5.41, 5.74) is 4.89. The second-order valence-corrected chi connectivity index (χ2v) is 7.00. The van der Waals surface area contributed by atoms with E-state index in [4.69, 9.17) is 22.1 Å². The number of urea groups is 1. The predicted octanol–water partition coefficient (Wildman–Crippen LogP) is 2.51. The Balaban J connectivity index is 2.00. The Kier molecular flexibility index (Phi) is 5.41. The first-order valence-electron chi connectivity index (χ1n) is 8.18. The number of amides is 3. The zero-order chi connectivity index (χ0) is 20.8. The van der Waals surface area contributed by atoms with E-state index >= 15 is 0 Å². The van der Waals surface area contributed by atoms with Crippen LogP contribution in [0.1, 0.15) is 18.0 Å². The van der Waals surface area contributed by atoms with Gasteiger partial charge in [0.2, 0.25) is 5.91 Å². The van der Waals surface area contributed by atoms with E-state index in [9.17, 15) is 31.5 Å². The maximum Gasteiger partial charge on any atom is 0.414 e. The van der Waals surface area contributed by atoms with Gasteiger partial charge < -0.3 is 20.7 Å². The number of carbonyl (C=O) groups excluding carboxylic acids is 2. The molecule has 3 N–H and O–H groups in total. The molecule has 1 unspecified atom stereocenters. The molecule has 0 radical (unpaired) electrons. The van der Waals surface area contributed by atoms with Crippen LogP contribution < -0.4 is 11.1 Å². The number of hydrogen-bond donors (Lipinski definition) is 2. The molecule has 3 rings (SSSR count). The summed E-state index contributed by atoms with van der Waals surface area (Å²) in [5, 5.41) is 1.44. The molecule has 1 aromatic rings. The lowest BCUT2D eigenvalue weighted by Gasteiger charge is -2.32. The molecule has 2 fully saturated rings. The van der Waals surface area contributed by atoms with Crippen molar-refractivity contribution < 1.29 is 36.3 Å². The molecule has 12 heteroatoms. The van der Waals surface area contributed by atoms with Gasteiger partial charge in [0.25, 0.3) is 0 Å². The van der Waals surface area contributed by atoms with Gasteiger partial charge in [0, 0.05) is 11.5 Å². The number of carbonyl (C=O) groups is 2. The first kappa shape index (κ1) is 20.6. The normalized spacial score (nSPS) is 26.4. The highest BCUT2D eigenvalue weighted by Gasteiger charge is 2.50. The number of rotatable bonds is 4. The quantitative estimate of drug-likeness (QED) is 0.572. The van der Waals surface area contributed by atoms with Gasteiger partial charge in [0.15, 0.2) is 6.10 Å². The highest BCUT2D eigenvalue weighted by Crippen LogP contribution is 2.43. The van der Waals surface area contributed by atoms with Gasteiger partial charge in [-0.25, -0.2) is 13.6 Å². The molecule has 28 heavy (non-hydrogen) atoms. The summed E-state index contributed by atoms with van der Waals surface area (Å²) in [5.74, 6) is -4.08. The molecular weight excluding hydrogens is 413 g/mol. The van der Waals surface area contributed by atoms with E-state index in [0.29, 0.717) is 0 Å². The number of nitrogens with two attached hydrogens (primary N) is 1. The Morgan fingerprint density at radius 2 is 2.04 bits per heavy atom. The number of alkyl halides is 3. The lowest BCUT2D eigenvalue weighted by atomic mass is 9.89. The van der Waals surface area contributed by atoms with E-state index in [1.807, 2.05) is 0 Å². The van der Waals surface area contributed by atoms with Crippen LogP contribution in [0, 0.1) is 17.6 Å². The van der Waals surface area contributed by atoms with Crippen LogP contribution in [0.15, 0.2) is 12.1 Å². The molecule has 1 aromatic carbocycles. The summed E-state index contributed by atoms with van der Waals surface area (Å²) < 4.78 is 72.0. The number of hydrogen-bond acceptors (Lipinski definition) is 3. The lowest BCUT2D eigenvalue weighted by Crippen LogP contribution is -2.39. The van der Waals surface area contributed by atoms with Crippen molar-refractivity contribution in [2.24, 2.45) is 11.7 Å². The van der Waals surface area contributed by atoms with Crippen molar-refractivity contribution in [1.82, 2.24) is 10.2 Å². The Bertz CT molecular complexity index is 806. The average molecular weight is 428 g/mol. The summed E-state index contributed by atoms with van der Waals surface area (Å²) in [4.78, 5) is 24.7. The minimum atomic E-state index is -4.64. The monoisotopic (exact) mass is 427 g/mol. The third-order valence-electron chi connectivity index (χ3n) is 4.84. The van der Waals surface area contributed by atoms with E-state index in [-0.39, 0.29) is 12.1 Å². The Morgan fingerprint density at radius 3 is 2.57 bits per heavy atom. The summed E-state index contributed by atoms with van der Waals surface area (Å²) in [6.07, 6.45) is -7.27. The Labute approximate surface area is 160 Å². The Hall–Kier alpha value is -2.14. The molecule has 0 saturated carbocycles. The van der Waals surface area contributed by atoms with Crippen molar-refractivity contribution in [3.05, 3.63) is 34.4 Å². The molecule has 3 amide bonds. The number of nitrogens with zero attached hydrogens (tertiary/aromatic N) is 1. The van der Waals surface area contributed by atoms with Crippen LogP contribution in [-0.4, -0.2) is 48.3 Å². The molecule has 154 valence electrons. The fraction of sp³-hybridized carbons (Fsp3) is 0.500. The second kappa shape index (κ2) is 7.36. The van der Waals surface area contributed by atoms with Crippen LogP contribution in [0.3, 0.4) is 0 Å².